The van der Waals surface area contributed by atoms with Crippen LogP contribution in [0.4, 0.5) is 0 Å². The van der Waals surface area contributed by atoms with Crippen molar-refractivity contribution in [2.24, 2.45) is 0 Å². The Morgan fingerprint density at radius 3 is 1.90 bits per heavy atom. The third-order valence-corrected chi connectivity index (χ3v) is 9.29. The zero-order valence-electron chi connectivity index (χ0n) is 31.4. The number of hydrogen-bond acceptors (Lipinski definition) is 11. The highest BCUT2D eigenvalue weighted by atomic mass is 32.3. The van der Waals surface area contributed by atoms with Crippen LogP contribution >= 0.6 is 0 Å². The van der Waals surface area contributed by atoms with E-state index in [-0.39, 0.29) is 19.6 Å². The molecule has 51 heavy (non-hydrogen) atoms. The second kappa shape index (κ2) is 31.0. The summed E-state index contributed by atoms with van der Waals surface area (Å²) in [4.78, 5) is 12.7. The molecule has 1 fully saturated rings. The minimum absolute atomic E-state index is 0.0341. The van der Waals surface area contributed by atoms with Crippen LogP contribution in [0.15, 0.2) is 24.3 Å². The Labute approximate surface area is 308 Å². The second-order valence-electron chi connectivity index (χ2n) is 13.5. The molecule has 0 aromatic rings. The summed E-state index contributed by atoms with van der Waals surface area (Å²) < 4.78 is 58.6. The molecule has 0 bridgehead atoms. The molecule has 6 atom stereocenters. The van der Waals surface area contributed by atoms with Crippen LogP contribution in [0.3, 0.4) is 0 Å². The molecule has 13 heteroatoms. The number of hydrogen-bond donors (Lipinski definition) is 4. The van der Waals surface area contributed by atoms with Crippen molar-refractivity contribution in [3.63, 3.8) is 0 Å². The number of esters is 1. The van der Waals surface area contributed by atoms with Crippen molar-refractivity contribution < 1.29 is 56.2 Å². The monoisotopic (exact) mass is 750 g/mol. The van der Waals surface area contributed by atoms with E-state index in [2.05, 4.69) is 42.3 Å². The number of aliphatic hydroxyl groups excluding tert-OH is 3. The fraction of sp³-hybridized carbons (Fsp3) is 0.868. The van der Waals surface area contributed by atoms with E-state index in [9.17, 15) is 28.5 Å². The van der Waals surface area contributed by atoms with Gasteiger partial charge in [-0.1, -0.05) is 122 Å². The summed E-state index contributed by atoms with van der Waals surface area (Å²) in [6.45, 7) is 3.89. The smallest absolute Gasteiger partial charge is 0.397 e. The van der Waals surface area contributed by atoms with Crippen LogP contribution in [-0.4, -0.2) is 97.5 Å². The number of carbonyl (C=O) groups excluding carboxylic acids is 1. The maximum Gasteiger partial charge on any atom is 0.397 e. The lowest BCUT2D eigenvalue weighted by Crippen LogP contribution is -2.60. The number of ether oxygens (including phenoxy) is 4. The van der Waals surface area contributed by atoms with E-state index in [1.54, 1.807) is 0 Å². The standard InChI is InChI=1S/C38H70O12S/c1-3-5-7-9-11-12-13-14-15-16-17-18-19-20-21-23-25-27-34(40)48-32(30-46-28-26-24-22-10-8-6-4-2)31-47-38-36(42)37(50-51(43,44)45)35(41)33(29-39)49-38/h11-12,14-15,32-33,35-39,41-42H,3-10,13,16-31H2,1-2H3,(H,43,44,45)/b12-11-,15-14-. The van der Waals surface area contributed by atoms with Crippen LogP contribution in [-0.2, 0) is 38.3 Å². The van der Waals surface area contributed by atoms with Gasteiger partial charge in [0.25, 0.3) is 0 Å². The molecule has 0 radical (unpaired) electrons. The van der Waals surface area contributed by atoms with Gasteiger partial charge in [-0.3, -0.25) is 9.35 Å². The number of allylic oxidation sites excluding steroid dienone is 4. The molecule has 1 rings (SSSR count). The Morgan fingerprint density at radius 1 is 0.745 bits per heavy atom. The maximum atomic E-state index is 12.7. The molecule has 12 nitrogen and oxygen atoms in total. The summed E-state index contributed by atoms with van der Waals surface area (Å²) in [5.74, 6) is -0.410. The number of unbranched alkanes of at least 4 members (excludes halogenated alkanes) is 16. The van der Waals surface area contributed by atoms with Crippen molar-refractivity contribution >= 4 is 16.4 Å². The first-order valence-electron chi connectivity index (χ1n) is 19.6. The van der Waals surface area contributed by atoms with Gasteiger partial charge >= 0.3 is 16.4 Å². The molecule has 0 aromatic heterocycles. The predicted molar refractivity (Wildman–Crippen MR) is 197 cm³/mol. The van der Waals surface area contributed by atoms with E-state index < -0.39 is 59.8 Å². The predicted octanol–water partition coefficient (Wildman–Crippen LogP) is 6.90. The molecule has 0 amide bonds. The van der Waals surface area contributed by atoms with Crippen molar-refractivity contribution in [2.75, 3.05) is 26.4 Å². The average Bonchev–Trinajstić information content (AvgIpc) is 3.09. The summed E-state index contributed by atoms with van der Waals surface area (Å²) in [7, 11) is -5.05. The second-order valence-corrected chi connectivity index (χ2v) is 14.6. The van der Waals surface area contributed by atoms with Crippen LogP contribution in [0.25, 0.3) is 0 Å². The van der Waals surface area contributed by atoms with Crippen molar-refractivity contribution in [1.82, 2.24) is 0 Å². The zero-order valence-corrected chi connectivity index (χ0v) is 32.2. The molecule has 6 unspecified atom stereocenters. The fourth-order valence-electron chi connectivity index (χ4n) is 5.82. The first kappa shape index (κ1) is 47.6. The Morgan fingerprint density at radius 2 is 1.29 bits per heavy atom. The van der Waals surface area contributed by atoms with Gasteiger partial charge in [-0.15, -0.1) is 0 Å². The third kappa shape index (κ3) is 25.3. The van der Waals surface area contributed by atoms with E-state index in [1.165, 1.54) is 70.6 Å². The van der Waals surface area contributed by atoms with Crippen molar-refractivity contribution in [3.05, 3.63) is 24.3 Å². The molecular weight excluding hydrogens is 680 g/mol. The molecule has 1 aliphatic rings. The van der Waals surface area contributed by atoms with Crippen LogP contribution in [0.2, 0.25) is 0 Å². The number of carbonyl (C=O) groups is 1. The topological polar surface area (TPSA) is 178 Å². The van der Waals surface area contributed by atoms with E-state index in [1.807, 2.05) is 0 Å². The molecule has 1 heterocycles. The van der Waals surface area contributed by atoms with Crippen LogP contribution in [0, 0.1) is 0 Å². The lowest BCUT2D eigenvalue weighted by Gasteiger charge is -2.41. The summed E-state index contributed by atoms with van der Waals surface area (Å²) in [5, 5.41) is 30.5. The zero-order chi connectivity index (χ0) is 37.6. The van der Waals surface area contributed by atoms with E-state index in [4.69, 9.17) is 23.5 Å². The number of rotatable bonds is 33. The first-order valence-corrected chi connectivity index (χ1v) is 21.0. The molecular formula is C38H70O12S. The summed E-state index contributed by atoms with van der Waals surface area (Å²) in [6, 6.07) is 0. The SMILES string of the molecule is CCCCC/C=C\C/C=C\CCCCCCCCCC(=O)OC(COCCCCCCCCC)COC1OC(CO)C(O)C(OS(=O)(=O)O)C1O. The molecule has 0 saturated carbocycles. The third-order valence-electron chi connectivity index (χ3n) is 8.83. The van der Waals surface area contributed by atoms with Gasteiger partial charge in [-0.2, -0.15) is 8.42 Å². The van der Waals surface area contributed by atoms with Crippen LogP contribution in [0.5, 0.6) is 0 Å². The average molecular weight is 751 g/mol. The van der Waals surface area contributed by atoms with Gasteiger partial charge in [0.15, 0.2) is 6.29 Å². The molecule has 4 N–H and O–H groups in total. The fourth-order valence-corrected chi connectivity index (χ4v) is 6.33. The Kier molecular flexibility index (Phi) is 28.9. The highest BCUT2D eigenvalue weighted by Crippen LogP contribution is 2.26. The normalized spacial score (nSPS) is 21.9. The van der Waals surface area contributed by atoms with Crippen LogP contribution in [0.1, 0.15) is 149 Å². The van der Waals surface area contributed by atoms with Crippen molar-refractivity contribution in [1.29, 1.82) is 0 Å². The quantitative estimate of drug-likeness (QED) is 0.0236. The Balaban J connectivity index is 2.45. The van der Waals surface area contributed by atoms with Gasteiger partial charge in [0.05, 0.1) is 19.8 Å². The summed E-state index contributed by atoms with van der Waals surface area (Å²) in [6.07, 6.45) is 22.3. The van der Waals surface area contributed by atoms with Gasteiger partial charge in [-0.05, 0) is 44.9 Å². The van der Waals surface area contributed by atoms with Crippen molar-refractivity contribution in [3.8, 4) is 0 Å². The highest BCUT2D eigenvalue weighted by Gasteiger charge is 2.48. The van der Waals surface area contributed by atoms with Crippen molar-refractivity contribution in [2.45, 2.75) is 185 Å². The van der Waals surface area contributed by atoms with Gasteiger partial charge < -0.3 is 34.3 Å². The molecule has 1 aliphatic heterocycles. The van der Waals surface area contributed by atoms with Crippen LogP contribution < -0.4 is 0 Å². The minimum Gasteiger partial charge on any atom is -0.457 e. The molecule has 0 spiro atoms. The Bertz CT molecular complexity index is 1000. The number of aliphatic hydroxyl groups is 3. The largest absolute Gasteiger partial charge is 0.457 e. The van der Waals surface area contributed by atoms with E-state index in [0.29, 0.717) is 13.0 Å². The lowest BCUT2D eigenvalue weighted by atomic mass is 9.99. The van der Waals surface area contributed by atoms with E-state index >= 15 is 0 Å². The molecule has 1 saturated heterocycles. The lowest BCUT2D eigenvalue weighted by molar-refractivity contribution is -0.301. The maximum absolute atomic E-state index is 12.7. The Hall–Kier alpha value is -1.42. The van der Waals surface area contributed by atoms with E-state index in [0.717, 1.165) is 51.4 Å². The summed E-state index contributed by atoms with van der Waals surface area (Å²) in [5.41, 5.74) is 0. The van der Waals surface area contributed by atoms with Gasteiger partial charge in [0.1, 0.15) is 30.5 Å². The molecule has 0 aliphatic carbocycles. The highest BCUT2D eigenvalue weighted by molar-refractivity contribution is 7.80. The van der Waals surface area contributed by atoms with Gasteiger partial charge in [0.2, 0.25) is 0 Å². The van der Waals surface area contributed by atoms with Gasteiger partial charge in [0, 0.05) is 13.0 Å². The summed E-state index contributed by atoms with van der Waals surface area (Å²) >= 11 is 0. The first-order chi connectivity index (χ1) is 24.6. The molecule has 0 aromatic carbocycles. The molecule has 300 valence electrons. The minimum atomic E-state index is -5.05. The van der Waals surface area contributed by atoms with Gasteiger partial charge in [-0.25, -0.2) is 4.18 Å².